The van der Waals surface area contributed by atoms with Crippen LogP contribution in [0, 0.1) is 0 Å². The van der Waals surface area contributed by atoms with E-state index in [0.29, 0.717) is 23.2 Å². The summed E-state index contributed by atoms with van der Waals surface area (Å²) in [5.41, 5.74) is 6.50. The summed E-state index contributed by atoms with van der Waals surface area (Å²) >= 11 is 5.83. The van der Waals surface area contributed by atoms with E-state index in [2.05, 4.69) is 9.97 Å². The van der Waals surface area contributed by atoms with Gasteiger partial charge in [0, 0.05) is 24.0 Å². The second kappa shape index (κ2) is 5.61. The summed E-state index contributed by atoms with van der Waals surface area (Å²) in [5, 5.41) is 0.527. The monoisotopic (exact) mass is 249 g/mol. The van der Waals surface area contributed by atoms with Crippen LogP contribution in [0.3, 0.4) is 0 Å². The van der Waals surface area contributed by atoms with E-state index >= 15 is 0 Å². The molecule has 0 unspecified atom stereocenters. The second-order valence-corrected chi connectivity index (χ2v) is 3.88. The third-order valence-electron chi connectivity index (χ3n) is 2.16. The van der Waals surface area contributed by atoms with Gasteiger partial charge in [-0.25, -0.2) is 4.98 Å². The predicted molar refractivity (Wildman–Crippen MR) is 66.3 cm³/mol. The van der Waals surface area contributed by atoms with Crippen molar-refractivity contribution in [2.24, 2.45) is 5.73 Å². The van der Waals surface area contributed by atoms with E-state index in [1.54, 1.807) is 24.7 Å². The molecule has 0 saturated heterocycles. The van der Waals surface area contributed by atoms with Crippen molar-refractivity contribution in [3.8, 4) is 11.6 Å². The smallest absolute Gasteiger partial charge is 0.222 e. The Kier molecular flexibility index (Phi) is 3.90. The molecule has 5 heteroatoms. The molecular weight excluding hydrogens is 238 g/mol. The summed E-state index contributed by atoms with van der Waals surface area (Å²) in [7, 11) is 0. The lowest BCUT2D eigenvalue weighted by Gasteiger charge is -2.08. The first kappa shape index (κ1) is 11.8. The van der Waals surface area contributed by atoms with Gasteiger partial charge in [-0.1, -0.05) is 17.7 Å². The molecule has 2 aromatic rings. The van der Waals surface area contributed by atoms with Crippen molar-refractivity contribution in [2.75, 3.05) is 6.54 Å². The molecule has 0 aliphatic carbocycles. The Labute approximate surface area is 104 Å². The fraction of sp³-hybridized carbons (Fsp3) is 0.167. The molecule has 0 spiro atoms. The molecule has 2 aromatic heterocycles. The van der Waals surface area contributed by atoms with Crippen molar-refractivity contribution >= 4 is 11.6 Å². The lowest BCUT2D eigenvalue weighted by Crippen LogP contribution is -2.04. The van der Waals surface area contributed by atoms with Crippen LogP contribution in [0.5, 0.6) is 11.6 Å². The van der Waals surface area contributed by atoms with Crippen LogP contribution >= 0.6 is 11.6 Å². The standard InChI is InChI=1S/C12H12ClN3O/c13-10-6-11(8-15-7-10)17-12-9(3-4-14)2-1-5-16-12/h1-2,5-8H,3-4,14H2. The van der Waals surface area contributed by atoms with Gasteiger partial charge in [-0.3, -0.25) is 4.98 Å². The van der Waals surface area contributed by atoms with Crippen LogP contribution in [-0.2, 0) is 6.42 Å². The molecule has 2 heterocycles. The van der Waals surface area contributed by atoms with Gasteiger partial charge in [0.2, 0.25) is 5.88 Å². The van der Waals surface area contributed by atoms with Crippen molar-refractivity contribution in [3.05, 3.63) is 47.4 Å². The molecule has 0 amide bonds. The lowest BCUT2D eigenvalue weighted by atomic mass is 10.2. The van der Waals surface area contributed by atoms with Crippen molar-refractivity contribution in [1.82, 2.24) is 9.97 Å². The summed E-state index contributed by atoms with van der Waals surface area (Å²) < 4.78 is 5.63. The molecule has 0 saturated carbocycles. The summed E-state index contributed by atoms with van der Waals surface area (Å²) in [5.74, 6) is 1.11. The Morgan fingerprint density at radius 2 is 2.24 bits per heavy atom. The number of pyridine rings is 2. The van der Waals surface area contributed by atoms with Crippen LogP contribution in [0.2, 0.25) is 5.02 Å². The highest BCUT2D eigenvalue weighted by Crippen LogP contribution is 2.24. The van der Waals surface area contributed by atoms with Gasteiger partial charge in [-0.05, 0) is 19.0 Å². The molecule has 0 aromatic carbocycles. The summed E-state index contributed by atoms with van der Waals surface area (Å²) in [6.45, 7) is 0.551. The molecular formula is C12H12ClN3O. The van der Waals surface area contributed by atoms with E-state index < -0.39 is 0 Å². The average Bonchev–Trinajstić information content (AvgIpc) is 2.32. The molecule has 2 N–H and O–H groups in total. The quantitative estimate of drug-likeness (QED) is 0.904. The normalized spacial score (nSPS) is 10.2. The minimum atomic E-state index is 0.527. The summed E-state index contributed by atoms with van der Waals surface area (Å²) in [6, 6.07) is 5.48. The van der Waals surface area contributed by atoms with Gasteiger partial charge >= 0.3 is 0 Å². The number of hydrogen-bond acceptors (Lipinski definition) is 4. The number of hydrogen-bond donors (Lipinski definition) is 1. The highest BCUT2D eigenvalue weighted by atomic mass is 35.5. The molecule has 17 heavy (non-hydrogen) atoms. The van der Waals surface area contributed by atoms with Gasteiger partial charge in [0.1, 0.15) is 5.75 Å². The van der Waals surface area contributed by atoms with Crippen LogP contribution in [-0.4, -0.2) is 16.5 Å². The zero-order valence-corrected chi connectivity index (χ0v) is 9.89. The van der Waals surface area contributed by atoms with E-state index in [1.807, 2.05) is 12.1 Å². The van der Waals surface area contributed by atoms with Crippen molar-refractivity contribution in [3.63, 3.8) is 0 Å². The van der Waals surface area contributed by atoms with Crippen LogP contribution in [0.25, 0.3) is 0 Å². The van der Waals surface area contributed by atoms with Gasteiger partial charge in [-0.2, -0.15) is 0 Å². The Bertz CT molecular complexity index is 505. The van der Waals surface area contributed by atoms with Crippen LogP contribution in [0.1, 0.15) is 5.56 Å². The Hall–Kier alpha value is -1.65. The maximum absolute atomic E-state index is 5.83. The minimum absolute atomic E-state index is 0.527. The van der Waals surface area contributed by atoms with Gasteiger partial charge < -0.3 is 10.5 Å². The molecule has 88 valence electrons. The van der Waals surface area contributed by atoms with Crippen molar-refractivity contribution in [2.45, 2.75) is 6.42 Å². The third-order valence-corrected chi connectivity index (χ3v) is 2.36. The van der Waals surface area contributed by atoms with Crippen LogP contribution in [0.15, 0.2) is 36.8 Å². The molecule has 2 rings (SSSR count). The molecule has 0 atom stereocenters. The molecule has 0 bridgehead atoms. The Balaban J connectivity index is 2.23. The topological polar surface area (TPSA) is 61.0 Å². The molecule has 0 aliphatic rings. The number of rotatable bonds is 4. The first-order valence-electron chi connectivity index (χ1n) is 5.22. The molecule has 0 aliphatic heterocycles. The first-order valence-corrected chi connectivity index (χ1v) is 5.60. The number of halogens is 1. The second-order valence-electron chi connectivity index (χ2n) is 3.45. The first-order chi connectivity index (χ1) is 8.29. The fourth-order valence-corrected chi connectivity index (χ4v) is 1.59. The highest BCUT2D eigenvalue weighted by molar-refractivity contribution is 6.30. The van der Waals surface area contributed by atoms with E-state index in [1.165, 1.54) is 0 Å². The number of nitrogens with zero attached hydrogens (tertiary/aromatic N) is 2. The lowest BCUT2D eigenvalue weighted by molar-refractivity contribution is 0.454. The average molecular weight is 250 g/mol. The van der Waals surface area contributed by atoms with Crippen LogP contribution < -0.4 is 10.5 Å². The van der Waals surface area contributed by atoms with E-state index in [0.717, 1.165) is 12.0 Å². The Morgan fingerprint density at radius 1 is 1.35 bits per heavy atom. The number of ether oxygens (including phenoxy) is 1. The van der Waals surface area contributed by atoms with Gasteiger partial charge in [0.15, 0.2) is 0 Å². The zero-order chi connectivity index (χ0) is 12.1. The van der Waals surface area contributed by atoms with Crippen molar-refractivity contribution in [1.29, 1.82) is 0 Å². The van der Waals surface area contributed by atoms with E-state index in [9.17, 15) is 0 Å². The fourth-order valence-electron chi connectivity index (χ4n) is 1.42. The third kappa shape index (κ3) is 3.15. The number of nitrogens with two attached hydrogens (primary N) is 1. The van der Waals surface area contributed by atoms with E-state index in [-0.39, 0.29) is 0 Å². The largest absolute Gasteiger partial charge is 0.437 e. The maximum Gasteiger partial charge on any atom is 0.222 e. The van der Waals surface area contributed by atoms with E-state index in [4.69, 9.17) is 22.1 Å². The Morgan fingerprint density at radius 3 is 3.00 bits per heavy atom. The predicted octanol–water partition coefficient (Wildman–Crippen LogP) is 2.42. The summed E-state index contributed by atoms with van der Waals surface area (Å²) in [6.07, 6.45) is 5.53. The van der Waals surface area contributed by atoms with Crippen LogP contribution in [0.4, 0.5) is 0 Å². The van der Waals surface area contributed by atoms with Gasteiger partial charge in [-0.15, -0.1) is 0 Å². The molecule has 0 fully saturated rings. The molecule has 0 radical (unpaired) electrons. The highest BCUT2D eigenvalue weighted by Gasteiger charge is 2.05. The number of aromatic nitrogens is 2. The maximum atomic E-state index is 5.83. The van der Waals surface area contributed by atoms with Gasteiger partial charge in [0.05, 0.1) is 11.2 Å². The zero-order valence-electron chi connectivity index (χ0n) is 9.14. The molecule has 4 nitrogen and oxygen atoms in total. The SMILES string of the molecule is NCCc1cccnc1Oc1cncc(Cl)c1. The minimum Gasteiger partial charge on any atom is -0.437 e. The van der Waals surface area contributed by atoms with Crippen molar-refractivity contribution < 1.29 is 4.74 Å². The van der Waals surface area contributed by atoms with Gasteiger partial charge in [0.25, 0.3) is 0 Å². The summed E-state index contributed by atoms with van der Waals surface area (Å²) in [4.78, 5) is 8.12.